The molecule has 0 aromatic heterocycles. The number of carbonyl (C=O) groups is 2. The molecule has 1 aromatic carbocycles. The monoisotopic (exact) mass is 377 g/mol. The van der Waals surface area contributed by atoms with Gasteiger partial charge in [0, 0.05) is 5.41 Å². The third-order valence-corrected chi connectivity index (χ3v) is 4.71. The van der Waals surface area contributed by atoms with Gasteiger partial charge in [0.15, 0.2) is 6.04 Å². The lowest BCUT2D eigenvalue weighted by Gasteiger charge is -2.24. The second-order valence-electron chi connectivity index (χ2n) is 8.48. The number of nitrogens with one attached hydrogen (secondary N) is 1. The van der Waals surface area contributed by atoms with E-state index in [1.807, 2.05) is 0 Å². The quantitative estimate of drug-likeness (QED) is 0.745. The van der Waals surface area contributed by atoms with Crippen LogP contribution in [0.5, 0.6) is 5.75 Å². The van der Waals surface area contributed by atoms with Gasteiger partial charge in [-0.2, -0.15) is 0 Å². The molecule has 27 heavy (non-hydrogen) atoms. The van der Waals surface area contributed by atoms with Gasteiger partial charge < -0.3 is 19.5 Å². The van der Waals surface area contributed by atoms with Crippen molar-refractivity contribution < 1.29 is 23.8 Å². The van der Waals surface area contributed by atoms with Crippen LogP contribution in [0.2, 0.25) is 0 Å². The predicted molar refractivity (Wildman–Crippen MR) is 103 cm³/mol. The van der Waals surface area contributed by atoms with E-state index >= 15 is 0 Å². The zero-order chi connectivity index (χ0) is 20.1. The fourth-order valence-corrected chi connectivity index (χ4v) is 3.21. The van der Waals surface area contributed by atoms with Crippen molar-refractivity contribution in [3.63, 3.8) is 0 Å². The summed E-state index contributed by atoms with van der Waals surface area (Å²) in [6.07, 6.45) is 4.23. The van der Waals surface area contributed by atoms with Crippen molar-refractivity contribution in [1.29, 1.82) is 0 Å². The molecule has 0 radical (unpaired) electrons. The topological polar surface area (TPSA) is 73.9 Å². The van der Waals surface area contributed by atoms with Gasteiger partial charge in [-0.05, 0) is 51.3 Å². The highest BCUT2D eigenvalue weighted by atomic mass is 16.6. The number of esters is 1. The standard InChI is InChI=1S/C21H31NO5/c1-20(2,3)27-19(24)22-17(18(23)25-5)15-8-10-16(11-9-15)26-14-21(4)12-6-7-13-21/h8-11,17H,6-7,12-14H2,1-5H3,(H,22,24)/t17-/m0/s1. The minimum Gasteiger partial charge on any atom is -0.493 e. The first kappa shape index (κ1) is 21.1. The Morgan fingerprint density at radius 2 is 1.74 bits per heavy atom. The summed E-state index contributed by atoms with van der Waals surface area (Å²) in [7, 11) is 1.28. The molecule has 0 aliphatic heterocycles. The van der Waals surface area contributed by atoms with Gasteiger partial charge >= 0.3 is 12.1 Å². The molecular weight excluding hydrogens is 346 g/mol. The average molecular weight is 377 g/mol. The number of amides is 1. The summed E-state index contributed by atoms with van der Waals surface area (Å²) in [6.45, 7) is 8.22. The Morgan fingerprint density at radius 1 is 1.15 bits per heavy atom. The lowest BCUT2D eigenvalue weighted by molar-refractivity contribution is -0.143. The van der Waals surface area contributed by atoms with E-state index in [0.717, 1.165) is 5.75 Å². The maximum atomic E-state index is 12.1. The Bertz CT molecular complexity index is 642. The molecule has 1 aromatic rings. The Kier molecular flexibility index (Phi) is 6.73. The van der Waals surface area contributed by atoms with Crippen LogP contribution in [0.4, 0.5) is 4.79 Å². The highest BCUT2D eigenvalue weighted by Gasteiger charge is 2.30. The van der Waals surface area contributed by atoms with Gasteiger partial charge in [-0.3, -0.25) is 0 Å². The van der Waals surface area contributed by atoms with Gasteiger partial charge in [-0.25, -0.2) is 9.59 Å². The van der Waals surface area contributed by atoms with Crippen molar-refractivity contribution in [3.8, 4) is 5.75 Å². The second-order valence-corrected chi connectivity index (χ2v) is 8.48. The van der Waals surface area contributed by atoms with Crippen LogP contribution in [-0.4, -0.2) is 31.4 Å². The normalized spacial score (nSPS) is 17.1. The van der Waals surface area contributed by atoms with Gasteiger partial charge in [0.1, 0.15) is 11.4 Å². The average Bonchev–Trinajstić information content (AvgIpc) is 3.03. The summed E-state index contributed by atoms with van der Waals surface area (Å²) in [5.74, 6) is 0.181. The van der Waals surface area contributed by atoms with Crippen LogP contribution in [0.3, 0.4) is 0 Å². The van der Waals surface area contributed by atoms with E-state index in [1.165, 1.54) is 32.8 Å². The molecule has 0 unspecified atom stereocenters. The van der Waals surface area contributed by atoms with Crippen molar-refractivity contribution in [3.05, 3.63) is 29.8 Å². The van der Waals surface area contributed by atoms with E-state index in [1.54, 1.807) is 45.0 Å². The summed E-state index contributed by atoms with van der Waals surface area (Å²) < 4.78 is 16.0. The van der Waals surface area contributed by atoms with E-state index in [4.69, 9.17) is 14.2 Å². The first-order chi connectivity index (χ1) is 12.6. The third kappa shape index (κ3) is 6.45. The number of methoxy groups -OCH3 is 1. The van der Waals surface area contributed by atoms with E-state index < -0.39 is 23.7 Å². The summed E-state index contributed by atoms with van der Waals surface area (Å²) >= 11 is 0. The van der Waals surface area contributed by atoms with Gasteiger partial charge in [0.05, 0.1) is 13.7 Å². The first-order valence-corrected chi connectivity index (χ1v) is 9.42. The van der Waals surface area contributed by atoms with Crippen LogP contribution >= 0.6 is 0 Å². The number of hydrogen-bond donors (Lipinski definition) is 1. The van der Waals surface area contributed by atoms with Crippen LogP contribution in [0.15, 0.2) is 24.3 Å². The van der Waals surface area contributed by atoms with Gasteiger partial charge in [-0.15, -0.1) is 0 Å². The number of alkyl carbamates (subject to hydrolysis) is 1. The molecule has 1 atom stereocenters. The van der Waals surface area contributed by atoms with E-state index in [0.29, 0.717) is 12.2 Å². The first-order valence-electron chi connectivity index (χ1n) is 9.42. The number of ether oxygens (including phenoxy) is 3. The molecule has 1 saturated carbocycles. The predicted octanol–water partition coefficient (Wildman–Crippen LogP) is 4.38. The van der Waals surface area contributed by atoms with Crippen LogP contribution < -0.4 is 10.1 Å². The Labute approximate surface area is 161 Å². The van der Waals surface area contributed by atoms with Crippen LogP contribution in [0, 0.1) is 5.41 Å². The molecule has 0 bridgehead atoms. The molecule has 6 nitrogen and oxygen atoms in total. The Morgan fingerprint density at radius 3 is 2.26 bits per heavy atom. The van der Waals surface area contributed by atoms with E-state index in [2.05, 4.69) is 12.2 Å². The van der Waals surface area contributed by atoms with Crippen molar-refractivity contribution in [2.45, 2.75) is 65.0 Å². The molecule has 1 amide bonds. The molecular formula is C21H31NO5. The molecule has 6 heteroatoms. The van der Waals surface area contributed by atoms with Crippen LogP contribution in [-0.2, 0) is 14.3 Å². The summed E-state index contributed by atoms with van der Waals surface area (Å²) in [4.78, 5) is 24.2. The summed E-state index contributed by atoms with van der Waals surface area (Å²) in [6, 6.07) is 6.18. The molecule has 0 spiro atoms. The number of rotatable bonds is 6. The number of benzene rings is 1. The third-order valence-electron chi connectivity index (χ3n) is 4.71. The Hall–Kier alpha value is -2.24. The molecule has 2 rings (SSSR count). The summed E-state index contributed by atoms with van der Waals surface area (Å²) in [5, 5.41) is 2.57. The van der Waals surface area contributed by atoms with Crippen molar-refractivity contribution in [2.75, 3.05) is 13.7 Å². The summed E-state index contributed by atoms with van der Waals surface area (Å²) in [5.41, 5.74) is 0.191. The van der Waals surface area contributed by atoms with Crippen LogP contribution in [0.1, 0.15) is 65.0 Å². The maximum absolute atomic E-state index is 12.1. The SMILES string of the molecule is COC(=O)[C@@H](NC(=O)OC(C)(C)C)c1ccc(OCC2(C)CCCC2)cc1. The number of hydrogen-bond acceptors (Lipinski definition) is 5. The highest BCUT2D eigenvalue weighted by Crippen LogP contribution is 2.37. The molecule has 1 N–H and O–H groups in total. The zero-order valence-corrected chi connectivity index (χ0v) is 17.0. The largest absolute Gasteiger partial charge is 0.493 e. The van der Waals surface area contributed by atoms with E-state index in [9.17, 15) is 9.59 Å². The molecule has 0 saturated heterocycles. The Balaban J connectivity index is 2.03. The molecule has 0 heterocycles. The van der Waals surface area contributed by atoms with Gasteiger partial charge in [0.2, 0.25) is 0 Å². The minimum absolute atomic E-state index is 0.242. The van der Waals surface area contributed by atoms with Gasteiger partial charge in [-0.1, -0.05) is 31.9 Å². The maximum Gasteiger partial charge on any atom is 0.408 e. The molecule has 1 aliphatic rings. The van der Waals surface area contributed by atoms with Crippen molar-refractivity contribution in [1.82, 2.24) is 5.32 Å². The molecule has 1 aliphatic carbocycles. The van der Waals surface area contributed by atoms with Crippen molar-refractivity contribution in [2.24, 2.45) is 5.41 Å². The van der Waals surface area contributed by atoms with E-state index in [-0.39, 0.29) is 5.41 Å². The molecule has 150 valence electrons. The molecule has 1 fully saturated rings. The highest BCUT2D eigenvalue weighted by molar-refractivity contribution is 5.82. The fourth-order valence-electron chi connectivity index (χ4n) is 3.21. The minimum atomic E-state index is -0.939. The lowest BCUT2D eigenvalue weighted by atomic mass is 9.90. The lowest BCUT2D eigenvalue weighted by Crippen LogP contribution is -2.38. The van der Waals surface area contributed by atoms with Crippen LogP contribution in [0.25, 0.3) is 0 Å². The zero-order valence-electron chi connectivity index (χ0n) is 17.0. The number of carbonyl (C=O) groups excluding carboxylic acids is 2. The van der Waals surface area contributed by atoms with Gasteiger partial charge in [0.25, 0.3) is 0 Å². The smallest absolute Gasteiger partial charge is 0.408 e. The second kappa shape index (κ2) is 8.63. The van der Waals surface area contributed by atoms with Crippen molar-refractivity contribution >= 4 is 12.1 Å². The fraction of sp³-hybridized carbons (Fsp3) is 0.619.